The highest BCUT2D eigenvalue weighted by atomic mass is 32.1. The third kappa shape index (κ3) is 4.49. The van der Waals surface area contributed by atoms with E-state index in [1.165, 1.54) is 11.3 Å². The zero-order valence-corrected chi connectivity index (χ0v) is 16.0. The van der Waals surface area contributed by atoms with E-state index in [2.05, 4.69) is 10.3 Å². The molecule has 4 nitrogen and oxygen atoms in total. The second kappa shape index (κ2) is 8.15. The van der Waals surface area contributed by atoms with Crippen LogP contribution in [0.25, 0.3) is 0 Å². The van der Waals surface area contributed by atoms with Crippen molar-refractivity contribution < 1.29 is 9.53 Å². The summed E-state index contributed by atoms with van der Waals surface area (Å²) in [5.74, 6) is 0.708. The van der Waals surface area contributed by atoms with Crippen molar-refractivity contribution in [2.24, 2.45) is 0 Å². The van der Waals surface area contributed by atoms with Crippen molar-refractivity contribution in [2.45, 2.75) is 33.4 Å². The highest BCUT2D eigenvalue weighted by Gasteiger charge is 2.18. The Balaban J connectivity index is 1.64. The van der Waals surface area contributed by atoms with E-state index in [4.69, 9.17) is 4.74 Å². The number of thiazole rings is 1. The van der Waals surface area contributed by atoms with Gasteiger partial charge in [-0.15, -0.1) is 11.3 Å². The summed E-state index contributed by atoms with van der Waals surface area (Å²) in [5, 5.41) is 3.83. The molecule has 0 radical (unpaired) electrons. The molecule has 0 saturated heterocycles. The number of aromatic nitrogens is 1. The molecule has 0 spiro atoms. The number of nitrogens with one attached hydrogen (secondary N) is 1. The average Bonchev–Trinajstić information content (AvgIpc) is 3.01. The lowest BCUT2D eigenvalue weighted by Crippen LogP contribution is -2.26. The first-order chi connectivity index (χ1) is 12.5. The summed E-state index contributed by atoms with van der Waals surface area (Å²) in [6.07, 6.45) is 0. The Hall–Kier alpha value is -2.66. The van der Waals surface area contributed by atoms with Gasteiger partial charge in [0.2, 0.25) is 0 Å². The lowest BCUT2D eigenvalue weighted by atomic mass is 10.1. The van der Waals surface area contributed by atoms with E-state index in [1.807, 2.05) is 75.4 Å². The molecule has 1 amide bonds. The maximum atomic E-state index is 12.6. The second-order valence-corrected chi connectivity index (χ2v) is 7.32. The molecule has 0 aliphatic heterocycles. The van der Waals surface area contributed by atoms with E-state index in [0.717, 1.165) is 27.6 Å². The summed E-state index contributed by atoms with van der Waals surface area (Å²) < 4.78 is 5.79. The fourth-order valence-electron chi connectivity index (χ4n) is 2.66. The Bertz CT molecular complexity index is 890. The molecule has 1 heterocycles. The SMILES string of the molecule is Cc1cccc(OCc2nc(C)c(C(=O)N[C@@H](C)c3ccccc3)s2)c1. The molecule has 0 fully saturated rings. The topological polar surface area (TPSA) is 51.2 Å². The molecular weight excluding hydrogens is 344 g/mol. The minimum absolute atomic E-state index is 0.0582. The maximum Gasteiger partial charge on any atom is 0.263 e. The van der Waals surface area contributed by atoms with E-state index < -0.39 is 0 Å². The van der Waals surface area contributed by atoms with Gasteiger partial charge in [-0.3, -0.25) is 4.79 Å². The van der Waals surface area contributed by atoms with Gasteiger partial charge < -0.3 is 10.1 Å². The van der Waals surface area contributed by atoms with Crippen molar-refractivity contribution in [3.8, 4) is 5.75 Å². The van der Waals surface area contributed by atoms with Crippen LogP contribution in [0.4, 0.5) is 0 Å². The molecule has 3 rings (SSSR count). The van der Waals surface area contributed by atoms with Gasteiger partial charge in [-0.1, -0.05) is 42.5 Å². The summed E-state index contributed by atoms with van der Waals surface area (Å²) in [5.41, 5.74) is 2.95. The van der Waals surface area contributed by atoms with Gasteiger partial charge in [0.25, 0.3) is 5.91 Å². The Morgan fingerprint density at radius 1 is 1.15 bits per heavy atom. The molecule has 1 N–H and O–H groups in total. The first-order valence-electron chi connectivity index (χ1n) is 8.54. The van der Waals surface area contributed by atoms with Crippen LogP contribution in [-0.2, 0) is 6.61 Å². The Morgan fingerprint density at radius 2 is 1.92 bits per heavy atom. The smallest absolute Gasteiger partial charge is 0.263 e. The molecule has 0 saturated carbocycles. The van der Waals surface area contributed by atoms with Crippen molar-refractivity contribution in [1.82, 2.24) is 10.3 Å². The van der Waals surface area contributed by atoms with E-state index >= 15 is 0 Å². The van der Waals surface area contributed by atoms with E-state index in [1.54, 1.807) is 0 Å². The van der Waals surface area contributed by atoms with Crippen LogP contribution >= 0.6 is 11.3 Å². The van der Waals surface area contributed by atoms with Crippen molar-refractivity contribution in [2.75, 3.05) is 0 Å². The monoisotopic (exact) mass is 366 g/mol. The minimum Gasteiger partial charge on any atom is -0.486 e. The highest BCUT2D eigenvalue weighted by Crippen LogP contribution is 2.22. The molecule has 1 aromatic heterocycles. The van der Waals surface area contributed by atoms with Crippen LogP contribution in [0, 0.1) is 13.8 Å². The van der Waals surface area contributed by atoms with Gasteiger partial charge in [-0.25, -0.2) is 4.98 Å². The number of benzene rings is 2. The average molecular weight is 366 g/mol. The highest BCUT2D eigenvalue weighted by molar-refractivity contribution is 7.13. The molecule has 1 atom stereocenters. The minimum atomic E-state index is -0.0989. The number of nitrogens with zero attached hydrogens (tertiary/aromatic N) is 1. The fourth-order valence-corrected chi connectivity index (χ4v) is 3.54. The summed E-state index contributed by atoms with van der Waals surface area (Å²) in [6, 6.07) is 17.7. The van der Waals surface area contributed by atoms with Gasteiger partial charge in [0.05, 0.1) is 11.7 Å². The number of hydrogen-bond acceptors (Lipinski definition) is 4. The molecule has 5 heteroatoms. The lowest BCUT2D eigenvalue weighted by molar-refractivity contribution is 0.0943. The molecule has 0 bridgehead atoms. The molecule has 2 aromatic carbocycles. The molecular formula is C21H22N2O2S. The molecule has 0 unspecified atom stereocenters. The van der Waals surface area contributed by atoms with Crippen molar-refractivity contribution in [3.63, 3.8) is 0 Å². The van der Waals surface area contributed by atoms with Crippen LogP contribution in [0.1, 0.15) is 44.5 Å². The van der Waals surface area contributed by atoms with Gasteiger partial charge in [-0.05, 0) is 44.0 Å². The van der Waals surface area contributed by atoms with Crippen LogP contribution in [0.3, 0.4) is 0 Å². The van der Waals surface area contributed by atoms with Gasteiger partial charge in [0.1, 0.15) is 22.2 Å². The maximum absolute atomic E-state index is 12.6. The molecule has 3 aromatic rings. The first kappa shape index (κ1) is 18.1. The van der Waals surface area contributed by atoms with E-state index in [9.17, 15) is 4.79 Å². The quantitative estimate of drug-likeness (QED) is 0.680. The molecule has 134 valence electrons. The zero-order valence-electron chi connectivity index (χ0n) is 15.2. The van der Waals surface area contributed by atoms with Crippen molar-refractivity contribution >= 4 is 17.2 Å². The van der Waals surface area contributed by atoms with Crippen molar-refractivity contribution in [3.05, 3.63) is 81.3 Å². The fraction of sp³-hybridized carbons (Fsp3) is 0.238. The van der Waals surface area contributed by atoms with Crippen LogP contribution in [-0.4, -0.2) is 10.9 Å². The Kier molecular flexibility index (Phi) is 5.68. The normalized spacial score (nSPS) is 11.8. The predicted octanol–water partition coefficient (Wildman–Crippen LogP) is 4.83. The number of aryl methyl sites for hydroxylation is 2. The Labute approximate surface area is 157 Å². The molecule has 0 aliphatic rings. The second-order valence-electron chi connectivity index (χ2n) is 6.23. The number of rotatable bonds is 6. The van der Waals surface area contributed by atoms with Crippen molar-refractivity contribution in [1.29, 1.82) is 0 Å². The third-order valence-electron chi connectivity index (χ3n) is 4.05. The molecule has 0 aliphatic carbocycles. The van der Waals surface area contributed by atoms with Crippen LogP contribution < -0.4 is 10.1 Å². The summed E-state index contributed by atoms with van der Waals surface area (Å²) in [6.45, 7) is 6.22. The predicted molar refractivity (Wildman–Crippen MR) is 105 cm³/mol. The van der Waals surface area contributed by atoms with E-state index in [-0.39, 0.29) is 11.9 Å². The first-order valence-corrected chi connectivity index (χ1v) is 9.36. The van der Waals surface area contributed by atoms with Crippen LogP contribution in [0.2, 0.25) is 0 Å². The standard InChI is InChI=1S/C21H22N2O2S/c1-14-8-7-11-18(12-14)25-13-19-22-16(3)20(26-19)21(24)23-15(2)17-9-5-4-6-10-17/h4-12,15H,13H2,1-3H3,(H,23,24)/t15-/m0/s1. The Morgan fingerprint density at radius 3 is 2.65 bits per heavy atom. The van der Waals surface area contributed by atoms with Crippen LogP contribution in [0.5, 0.6) is 5.75 Å². The number of carbonyl (C=O) groups is 1. The number of amides is 1. The lowest BCUT2D eigenvalue weighted by Gasteiger charge is -2.13. The van der Waals surface area contributed by atoms with Gasteiger partial charge in [0.15, 0.2) is 0 Å². The largest absolute Gasteiger partial charge is 0.486 e. The van der Waals surface area contributed by atoms with Gasteiger partial charge in [-0.2, -0.15) is 0 Å². The summed E-state index contributed by atoms with van der Waals surface area (Å²) in [7, 11) is 0. The number of carbonyl (C=O) groups excluding carboxylic acids is 1. The van der Waals surface area contributed by atoms with Gasteiger partial charge in [0, 0.05) is 0 Å². The van der Waals surface area contributed by atoms with E-state index in [0.29, 0.717) is 11.5 Å². The summed E-state index contributed by atoms with van der Waals surface area (Å²) in [4.78, 5) is 17.7. The molecule has 26 heavy (non-hydrogen) atoms. The number of ether oxygens (including phenoxy) is 1. The third-order valence-corrected chi connectivity index (χ3v) is 5.18. The van der Waals surface area contributed by atoms with Gasteiger partial charge >= 0.3 is 0 Å². The summed E-state index contributed by atoms with van der Waals surface area (Å²) >= 11 is 1.38. The number of hydrogen-bond donors (Lipinski definition) is 1. The van der Waals surface area contributed by atoms with Crippen LogP contribution in [0.15, 0.2) is 54.6 Å². The zero-order chi connectivity index (χ0) is 18.5.